The summed E-state index contributed by atoms with van der Waals surface area (Å²) in [5, 5.41) is 13.7. The number of hydrogen-bond donors (Lipinski definition) is 1. The van der Waals surface area contributed by atoms with Crippen LogP contribution < -0.4 is 14.4 Å². The summed E-state index contributed by atoms with van der Waals surface area (Å²) in [6, 6.07) is 11.1. The van der Waals surface area contributed by atoms with Crippen LogP contribution in [0, 0.1) is 17.0 Å². The molecule has 2 aromatic rings. The van der Waals surface area contributed by atoms with Crippen molar-refractivity contribution in [2.24, 2.45) is 0 Å². The van der Waals surface area contributed by atoms with Gasteiger partial charge in [0.2, 0.25) is 15.9 Å². The summed E-state index contributed by atoms with van der Waals surface area (Å²) in [4.78, 5) is 22.8. The summed E-state index contributed by atoms with van der Waals surface area (Å²) in [5.41, 5.74) is 1.13. The lowest BCUT2D eigenvalue weighted by molar-refractivity contribution is -0.385. The molecule has 2 aromatic carbocycles. The van der Waals surface area contributed by atoms with Crippen molar-refractivity contribution in [3.63, 3.8) is 0 Å². The number of carbonyl (C=O) groups is 1. The van der Waals surface area contributed by atoms with Crippen LogP contribution in [-0.2, 0) is 14.8 Å². The zero-order valence-corrected chi connectivity index (χ0v) is 17.9. The van der Waals surface area contributed by atoms with Crippen LogP contribution >= 0.6 is 0 Å². The molecule has 0 radical (unpaired) electrons. The Morgan fingerprint density at radius 2 is 1.87 bits per heavy atom. The quantitative estimate of drug-likeness (QED) is 0.451. The van der Waals surface area contributed by atoms with Crippen LogP contribution in [0.25, 0.3) is 0 Å². The lowest BCUT2D eigenvalue weighted by Gasteiger charge is -2.22. The first kappa shape index (κ1) is 23.1. The van der Waals surface area contributed by atoms with Gasteiger partial charge in [0.05, 0.1) is 34.7 Å². The molecule has 0 aliphatic heterocycles. The van der Waals surface area contributed by atoms with Gasteiger partial charge in [0.1, 0.15) is 5.75 Å². The lowest BCUT2D eigenvalue weighted by atomic mass is 10.1. The fraction of sp³-hybridized carbons (Fsp3) is 0.350. The normalized spacial score (nSPS) is 11.0. The lowest BCUT2D eigenvalue weighted by Crippen LogP contribution is -2.31. The zero-order chi connectivity index (χ0) is 22.3. The summed E-state index contributed by atoms with van der Waals surface area (Å²) in [6.07, 6.45) is 1.45. The van der Waals surface area contributed by atoms with E-state index < -0.39 is 14.9 Å². The van der Waals surface area contributed by atoms with Crippen molar-refractivity contribution in [2.75, 3.05) is 29.0 Å². The summed E-state index contributed by atoms with van der Waals surface area (Å²) in [5.74, 6) is 0.292. The minimum absolute atomic E-state index is 0.0607. The smallest absolute Gasteiger partial charge is 0.274 e. The molecule has 2 rings (SSSR count). The Bertz CT molecular complexity index is 1010. The molecule has 0 aliphatic rings. The van der Waals surface area contributed by atoms with Gasteiger partial charge in [0.25, 0.3) is 5.69 Å². The van der Waals surface area contributed by atoms with Crippen LogP contribution in [0.1, 0.15) is 25.3 Å². The number of sulfonamides is 1. The third-order valence-electron chi connectivity index (χ3n) is 4.38. The predicted octanol–water partition coefficient (Wildman–Crippen LogP) is 3.49. The van der Waals surface area contributed by atoms with E-state index in [2.05, 4.69) is 5.32 Å². The number of ether oxygens (including phenoxy) is 1. The molecule has 9 nitrogen and oxygen atoms in total. The minimum atomic E-state index is -3.54. The molecular formula is C20H25N3O6S. The first-order valence-electron chi connectivity index (χ1n) is 9.38. The number of benzene rings is 2. The number of hydrogen-bond acceptors (Lipinski definition) is 6. The van der Waals surface area contributed by atoms with Crippen molar-refractivity contribution >= 4 is 33.0 Å². The maximum atomic E-state index is 12.3. The second-order valence-electron chi connectivity index (χ2n) is 6.62. The molecule has 0 aliphatic carbocycles. The predicted molar refractivity (Wildman–Crippen MR) is 115 cm³/mol. The third-order valence-corrected chi connectivity index (χ3v) is 5.57. The first-order chi connectivity index (χ1) is 14.1. The molecule has 10 heteroatoms. The molecule has 0 fully saturated rings. The van der Waals surface area contributed by atoms with Crippen LogP contribution in [0.3, 0.4) is 0 Å². The molecular weight excluding hydrogens is 410 g/mol. The number of nitro groups is 1. The number of amides is 1. The van der Waals surface area contributed by atoms with E-state index in [-0.39, 0.29) is 31.0 Å². The van der Waals surface area contributed by atoms with Gasteiger partial charge in [-0.05, 0) is 50.6 Å². The minimum Gasteiger partial charge on any atom is -0.494 e. The molecule has 0 spiro atoms. The van der Waals surface area contributed by atoms with Gasteiger partial charge in [-0.15, -0.1) is 0 Å². The summed E-state index contributed by atoms with van der Waals surface area (Å²) >= 11 is 0. The van der Waals surface area contributed by atoms with Crippen molar-refractivity contribution in [1.29, 1.82) is 0 Å². The summed E-state index contributed by atoms with van der Waals surface area (Å²) in [6.45, 7) is 4.05. The van der Waals surface area contributed by atoms with E-state index in [0.717, 1.165) is 6.26 Å². The molecule has 0 saturated carbocycles. The van der Waals surface area contributed by atoms with E-state index in [1.807, 2.05) is 6.92 Å². The van der Waals surface area contributed by atoms with Gasteiger partial charge in [0, 0.05) is 19.0 Å². The molecule has 30 heavy (non-hydrogen) atoms. The number of nitro benzene ring substituents is 1. The van der Waals surface area contributed by atoms with Gasteiger partial charge >= 0.3 is 0 Å². The summed E-state index contributed by atoms with van der Waals surface area (Å²) < 4.78 is 31.0. The molecule has 0 aromatic heterocycles. The number of anilines is 2. The Morgan fingerprint density at radius 3 is 2.43 bits per heavy atom. The van der Waals surface area contributed by atoms with Crippen LogP contribution in [-0.4, -0.2) is 38.7 Å². The monoisotopic (exact) mass is 435 g/mol. The number of nitrogens with zero attached hydrogens (tertiary/aromatic N) is 2. The molecule has 0 bridgehead atoms. The topological polar surface area (TPSA) is 119 Å². The zero-order valence-electron chi connectivity index (χ0n) is 17.1. The largest absolute Gasteiger partial charge is 0.494 e. The van der Waals surface area contributed by atoms with E-state index in [1.54, 1.807) is 37.3 Å². The van der Waals surface area contributed by atoms with Gasteiger partial charge in [-0.1, -0.05) is 6.07 Å². The van der Waals surface area contributed by atoms with Crippen molar-refractivity contribution in [3.05, 3.63) is 58.1 Å². The van der Waals surface area contributed by atoms with E-state index >= 15 is 0 Å². The first-order valence-corrected chi connectivity index (χ1v) is 11.2. The Morgan fingerprint density at radius 1 is 1.20 bits per heavy atom. The molecule has 0 heterocycles. The van der Waals surface area contributed by atoms with E-state index in [1.165, 1.54) is 16.4 Å². The number of carbonyl (C=O) groups excluding carboxylic acids is 1. The van der Waals surface area contributed by atoms with Crippen molar-refractivity contribution < 1.29 is 22.9 Å². The molecule has 0 unspecified atom stereocenters. The number of rotatable bonds is 10. The Kier molecular flexibility index (Phi) is 7.76. The van der Waals surface area contributed by atoms with Crippen LogP contribution in [0.4, 0.5) is 17.1 Å². The Balaban J connectivity index is 2.01. The van der Waals surface area contributed by atoms with Crippen molar-refractivity contribution in [2.45, 2.75) is 26.7 Å². The van der Waals surface area contributed by atoms with Crippen molar-refractivity contribution in [3.8, 4) is 5.75 Å². The van der Waals surface area contributed by atoms with Gasteiger partial charge < -0.3 is 10.1 Å². The van der Waals surface area contributed by atoms with Gasteiger partial charge in [-0.25, -0.2) is 8.42 Å². The Hall–Kier alpha value is -3.14. The SMILES string of the molecule is CCOc1ccc(N(CCCC(=O)Nc2cccc([N+](=O)[O-])c2C)S(C)(=O)=O)cc1. The van der Waals surface area contributed by atoms with E-state index in [4.69, 9.17) is 4.74 Å². The second kappa shape index (κ2) is 10.1. The highest BCUT2D eigenvalue weighted by Crippen LogP contribution is 2.25. The fourth-order valence-corrected chi connectivity index (χ4v) is 3.88. The van der Waals surface area contributed by atoms with E-state index in [9.17, 15) is 23.3 Å². The fourth-order valence-electron chi connectivity index (χ4n) is 2.91. The standard InChI is InChI=1S/C20H25N3O6S/c1-4-29-17-12-10-16(11-13-17)22(30(3,27)28)14-6-9-20(24)21-18-7-5-8-19(15(18)2)23(25)26/h5,7-8,10-13H,4,6,9,14H2,1-3H3,(H,21,24). The second-order valence-corrected chi connectivity index (χ2v) is 8.53. The van der Waals surface area contributed by atoms with E-state index in [0.29, 0.717) is 29.3 Å². The maximum absolute atomic E-state index is 12.3. The van der Waals surface area contributed by atoms with Crippen LogP contribution in [0.15, 0.2) is 42.5 Å². The molecule has 1 amide bonds. The molecule has 0 saturated heterocycles. The highest BCUT2D eigenvalue weighted by atomic mass is 32.2. The average molecular weight is 436 g/mol. The van der Waals surface area contributed by atoms with Crippen LogP contribution in [0.5, 0.6) is 5.75 Å². The van der Waals surface area contributed by atoms with Gasteiger partial charge in [0.15, 0.2) is 0 Å². The number of nitrogens with one attached hydrogen (secondary N) is 1. The van der Waals surface area contributed by atoms with Gasteiger partial charge in [-0.2, -0.15) is 0 Å². The molecule has 1 N–H and O–H groups in total. The maximum Gasteiger partial charge on any atom is 0.274 e. The molecule has 0 atom stereocenters. The highest BCUT2D eigenvalue weighted by molar-refractivity contribution is 7.92. The third kappa shape index (κ3) is 6.18. The van der Waals surface area contributed by atoms with Gasteiger partial charge in [-0.3, -0.25) is 19.2 Å². The summed E-state index contributed by atoms with van der Waals surface area (Å²) in [7, 11) is -3.54. The van der Waals surface area contributed by atoms with Crippen LogP contribution in [0.2, 0.25) is 0 Å². The van der Waals surface area contributed by atoms with Crippen molar-refractivity contribution in [1.82, 2.24) is 0 Å². The average Bonchev–Trinajstić information content (AvgIpc) is 2.67. The molecule has 162 valence electrons. The Labute approximate surface area is 175 Å². The highest BCUT2D eigenvalue weighted by Gasteiger charge is 2.19.